The predicted molar refractivity (Wildman–Crippen MR) is 110 cm³/mol. The van der Waals surface area contributed by atoms with E-state index in [0.29, 0.717) is 13.1 Å². The lowest BCUT2D eigenvalue weighted by atomic mass is 10.1. The fraction of sp³-hybridized carbons (Fsp3) is 0.562. The summed E-state index contributed by atoms with van der Waals surface area (Å²) in [5.41, 5.74) is 0.794. The van der Waals surface area contributed by atoms with Crippen LogP contribution in [0.4, 0.5) is 0 Å². The molecule has 2 N–H and O–H groups in total. The molecule has 1 aliphatic heterocycles. The van der Waals surface area contributed by atoms with Crippen molar-refractivity contribution in [1.29, 1.82) is 0 Å². The van der Waals surface area contributed by atoms with Crippen molar-refractivity contribution in [3.05, 3.63) is 22.2 Å². The van der Waals surface area contributed by atoms with Crippen LogP contribution in [0.3, 0.4) is 0 Å². The van der Waals surface area contributed by atoms with Crippen molar-refractivity contribution in [3.8, 4) is 11.5 Å². The van der Waals surface area contributed by atoms with E-state index < -0.39 is 0 Å². The zero-order valence-electron chi connectivity index (χ0n) is 14.4. The van der Waals surface area contributed by atoms with E-state index in [9.17, 15) is 0 Å². The van der Waals surface area contributed by atoms with Gasteiger partial charge < -0.3 is 24.8 Å². The monoisotopic (exact) mass is 513 g/mol. The minimum Gasteiger partial charge on any atom is -0.454 e. The Hall–Kier alpha value is -0.740. The molecule has 0 radical (unpaired) electrons. The number of ether oxygens (including phenoxy) is 3. The molecule has 0 aliphatic carbocycles. The van der Waals surface area contributed by atoms with Crippen molar-refractivity contribution >= 4 is 45.9 Å². The van der Waals surface area contributed by atoms with Crippen molar-refractivity contribution in [3.63, 3.8) is 0 Å². The SMILES string of the molecule is CCNC(=NCc1cc(Br)c2c(c1)OCO2)NCC(C)(C)OC.I. The quantitative estimate of drug-likeness (QED) is 0.347. The molecule has 1 heterocycles. The standard InChI is InChI=1S/C16H24BrN3O3.HI/c1-5-18-15(20-9-16(2,3)21-4)19-8-11-6-12(17)14-13(7-11)22-10-23-14;/h6-7H,5,8-10H2,1-4H3,(H2,18,19,20);1H. The third-order valence-electron chi connectivity index (χ3n) is 3.49. The molecular formula is C16H25BrIN3O3. The normalized spacial score (nSPS) is 13.5. The first kappa shape index (κ1) is 21.3. The van der Waals surface area contributed by atoms with Crippen LogP contribution in [0.25, 0.3) is 0 Å². The summed E-state index contributed by atoms with van der Waals surface area (Å²) >= 11 is 3.50. The van der Waals surface area contributed by atoms with Gasteiger partial charge in [-0.3, -0.25) is 0 Å². The van der Waals surface area contributed by atoms with Crippen molar-refractivity contribution in [1.82, 2.24) is 10.6 Å². The molecule has 0 spiro atoms. The maximum absolute atomic E-state index is 5.43. The van der Waals surface area contributed by atoms with E-state index in [1.54, 1.807) is 7.11 Å². The third-order valence-corrected chi connectivity index (χ3v) is 4.07. The summed E-state index contributed by atoms with van der Waals surface area (Å²) in [6.07, 6.45) is 0. The molecule has 6 nitrogen and oxygen atoms in total. The largest absolute Gasteiger partial charge is 0.454 e. The fourth-order valence-electron chi connectivity index (χ4n) is 1.99. The number of hydrogen-bond acceptors (Lipinski definition) is 4. The van der Waals surface area contributed by atoms with Gasteiger partial charge >= 0.3 is 0 Å². The first-order chi connectivity index (χ1) is 10.9. The summed E-state index contributed by atoms with van der Waals surface area (Å²) < 4.78 is 17.1. The molecule has 0 saturated carbocycles. The second-order valence-corrected chi connectivity index (χ2v) is 6.68. The molecule has 8 heteroatoms. The molecule has 0 aromatic heterocycles. The van der Waals surface area contributed by atoms with Gasteiger partial charge in [-0.15, -0.1) is 24.0 Å². The van der Waals surface area contributed by atoms with Crippen molar-refractivity contribution in [2.75, 3.05) is 27.0 Å². The van der Waals surface area contributed by atoms with Gasteiger partial charge in [0.25, 0.3) is 0 Å². The lowest BCUT2D eigenvalue weighted by Gasteiger charge is -2.24. The van der Waals surface area contributed by atoms with Gasteiger partial charge in [0.1, 0.15) is 0 Å². The van der Waals surface area contributed by atoms with Gasteiger partial charge in [-0.05, 0) is 54.4 Å². The molecule has 1 aliphatic rings. The van der Waals surface area contributed by atoms with E-state index in [0.717, 1.165) is 34.0 Å². The molecule has 24 heavy (non-hydrogen) atoms. The lowest BCUT2D eigenvalue weighted by molar-refractivity contribution is 0.0268. The number of rotatable bonds is 6. The molecule has 0 bridgehead atoms. The van der Waals surface area contributed by atoms with Crippen LogP contribution < -0.4 is 20.1 Å². The zero-order chi connectivity index (χ0) is 16.9. The summed E-state index contributed by atoms with van der Waals surface area (Å²) in [6, 6.07) is 3.96. The van der Waals surface area contributed by atoms with Gasteiger partial charge in [0, 0.05) is 20.2 Å². The van der Waals surface area contributed by atoms with E-state index in [4.69, 9.17) is 14.2 Å². The van der Waals surface area contributed by atoms with Gasteiger partial charge in [-0.1, -0.05) is 0 Å². The minimum absolute atomic E-state index is 0. The van der Waals surface area contributed by atoms with E-state index in [1.807, 2.05) is 32.9 Å². The first-order valence-electron chi connectivity index (χ1n) is 7.60. The predicted octanol–water partition coefficient (Wildman–Crippen LogP) is 3.28. The van der Waals surface area contributed by atoms with Crippen LogP contribution in [0.2, 0.25) is 0 Å². The van der Waals surface area contributed by atoms with Crippen LogP contribution in [0.15, 0.2) is 21.6 Å². The average Bonchev–Trinajstić information content (AvgIpc) is 2.99. The molecule has 2 rings (SSSR count). The van der Waals surface area contributed by atoms with Gasteiger partial charge in [-0.2, -0.15) is 0 Å². The summed E-state index contributed by atoms with van der Waals surface area (Å²) in [4.78, 5) is 4.61. The highest BCUT2D eigenvalue weighted by atomic mass is 127. The Morgan fingerprint density at radius 1 is 1.33 bits per heavy atom. The maximum Gasteiger partial charge on any atom is 0.231 e. The number of nitrogens with one attached hydrogen (secondary N) is 2. The van der Waals surface area contributed by atoms with E-state index in [-0.39, 0.29) is 36.4 Å². The van der Waals surface area contributed by atoms with Crippen LogP contribution in [0.1, 0.15) is 26.3 Å². The second-order valence-electron chi connectivity index (χ2n) is 5.82. The molecule has 0 amide bonds. The Morgan fingerprint density at radius 3 is 2.75 bits per heavy atom. The highest BCUT2D eigenvalue weighted by molar-refractivity contribution is 14.0. The Kier molecular flexibility index (Phi) is 8.58. The number of nitrogens with zero attached hydrogens (tertiary/aromatic N) is 1. The number of guanidine groups is 1. The van der Waals surface area contributed by atoms with Crippen molar-refractivity contribution in [2.24, 2.45) is 4.99 Å². The van der Waals surface area contributed by atoms with Gasteiger partial charge in [-0.25, -0.2) is 4.99 Å². The Morgan fingerprint density at radius 2 is 2.08 bits per heavy atom. The number of aliphatic imine (C=N–C) groups is 1. The Labute approximate surface area is 168 Å². The van der Waals surface area contributed by atoms with Crippen LogP contribution in [-0.2, 0) is 11.3 Å². The van der Waals surface area contributed by atoms with Gasteiger partial charge in [0.15, 0.2) is 17.5 Å². The fourth-order valence-corrected chi connectivity index (χ4v) is 2.60. The minimum atomic E-state index is -0.252. The first-order valence-corrected chi connectivity index (χ1v) is 8.40. The van der Waals surface area contributed by atoms with Crippen molar-refractivity contribution in [2.45, 2.75) is 32.9 Å². The van der Waals surface area contributed by atoms with Crippen LogP contribution >= 0.6 is 39.9 Å². The molecule has 1 aromatic carbocycles. The van der Waals surface area contributed by atoms with Crippen LogP contribution in [-0.4, -0.2) is 38.6 Å². The molecule has 0 saturated heterocycles. The third kappa shape index (κ3) is 5.96. The summed E-state index contributed by atoms with van der Waals surface area (Å²) in [5, 5.41) is 6.53. The molecule has 1 aromatic rings. The summed E-state index contributed by atoms with van der Waals surface area (Å²) in [7, 11) is 1.70. The molecule has 0 unspecified atom stereocenters. The van der Waals surface area contributed by atoms with Crippen molar-refractivity contribution < 1.29 is 14.2 Å². The van der Waals surface area contributed by atoms with Gasteiger partial charge in [0.05, 0.1) is 16.6 Å². The molecule has 0 fully saturated rings. The Balaban J connectivity index is 0.00000288. The molecule has 136 valence electrons. The number of halogens is 2. The average molecular weight is 514 g/mol. The zero-order valence-corrected chi connectivity index (χ0v) is 18.4. The van der Waals surface area contributed by atoms with E-state index in [1.165, 1.54) is 0 Å². The summed E-state index contributed by atoms with van der Waals surface area (Å²) in [6.45, 7) is 8.35. The number of fused-ring (bicyclic) bond motifs is 1. The smallest absolute Gasteiger partial charge is 0.231 e. The number of hydrogen-bond donors (Lipinski definition) is 2. The van der Waals surface area contributed by atoms with E-state index in [2.05, 4.69) is 31.6 Å². The lowest BCUT2D eigenvalue weighted by Crippen LogP contribution is -2.45. The van der Waals surface area contributed by atoms with Crippen LogP contribution in [0, 0.1) is 0 Å². The van der Waals surface area contributed by atoms with Crippen LogP contribution in [0.5, 0.6) is 11.5 Å². The molecule has 0 atom stereocenters. The Bertz CT molecular complexity index is 582. The highest BCUT2D eigenvalue weighted by Gasteiger charge is 2.18. The molecular weight excluding hydrogens is 489 g/mol. The number of methoxy groups -OCH3 is 1. The highest BCUT2D eigenvalue weighted by Crippen LogP contribution is 2.40. The van der Waals surface area contributed by atoms with E-state index >= 15 is 0 Å². The maximum atomic E-state index is 5.43. The topological polar surface area (TPSA) is 64.1 Å². The van der Waals surface area contributed by atoms with Gasteiger partial charge in [0.2, 0.25) is 6.79 Å². The second kappa shape index (κ2) is 9.67. The summed E-state index contributed by atoms with van der Waals surface area (Å²) in [5.74, 6) is 2.26. The number of benzene rings is 1.